The molecule has 0 bridgehead atoms. The van der Waals surface area contributed by atoms with Gasteiger partial charge in [-0.15, -0.1) is 0 Å². The highest BCUT2D eigenvalue weighted by Gasteiger charge is 2.18. The summed E-state index contributed by atoms with van der Waals surface area (Å²) in [5, 5.41) is 3.76. The minimum absolute atomic E-state index is 0.121. The zero-order valence-corrected chi connectivity index (χ0v) is 21.0. The maximum Gasteiger partial charge on any atom is 0.301 e. The molecule has 0 aliphatic heterocycles. The van der Waals surface area contributed by atoms with Crippen molar-refractivity contribution < 1.29 is 22.3 Å². The minimum Gasteiger partial charge on any atom is -0.493 e. The summed E-state index contributed by atoms with van der Waals surface area (Å²) in [5.74, 6) is 0.432. The SMILES string of the molecule is COc1cc2nccc(Nc3ccc(NS(=O)(=O)N(C)CCc4ccccc4)cc3F)c2cc1OC. The van der Waals surface area contributed by atoms with Gasteiger partial charge in [0.1, 0.15) is 5.82 Å². The van der Waals surface area contributed by atoms with E-state index in [1.807, 2.05) is 30.3 Å². The Kier molecular flexibility index (Phi) is 7.56. The molecule has 4 rings (SSSR count). The van der Waals surface area contributed by atoms with Crippen LogP contribution in [-0.2, 0) is 16.6 Å². The highest BCUT2D eigenvalue weighted by Crippen LogP contribution is 2.35. The van der Waals surface area contributed by atoms with E-state index in [4.69, 9.17) is 9.47 Å². The molecule has 4 aromatic rings. The number of benzene rings is 3. The number of hydrogen-bond donors (Lipinski definition) is 2. The lowest BCUT2D eigenvalue weighted by Gasteiger charge is -2.19. The predicted molar refractivity (Wildman–Crippen MR) is 140 cm³/mol. The van der Waals surface area contributed by atoms with Crippen LogP contribution in [0.3, 0.4) is 0 Å². The molecule has 0 saturated heterocycles. The third-order valence-electron chi connectivity index (χ3n) is 5.70. The monoisotopic (exact) mass is 510 g/mol. The molecule has 0 aliphatic rings. The largest absolute Gasteiger partial charge is 0.493 e. The first-order chi connectivity index (χ1) is 17.3. The summed E-state index contributed by atoms with van der Waals surface area (Å²) in [6.07, 6.45) is 2.16. The van der Waals surface area contributed by atoms with Crippen LogP contribution in [0.2, 0.25) is 0 Å². The first-order valence-electron chi connectivity index (χ1n) is 11.2. The van der Waals surface area contributed by atoms with Crippen LogP contribution >= 0.6 is 0 Å². The molecule has 0 saturated carbocycles. The van der Waals surface area contributed by atoms with Crippen molar-refractivity contribution in [1.29, 1.82) is 0 Å². The molecule has 3 aromatic carbocycles. The quantitative estimate of drug-likeness (QED) is 0.313. The van der Waals surface area contributed by atoms with Crippen molar-refractivity contribution in [3.8, 4) is 11.5 Å². The number of nitrogens with zero attached hydrogens (tertiary/aromatic N) is 2. The molecule has 188 valence electrons. The molecule has 0 unspecified atom stereocenters. The summed E-state index contributed by atoms with van der Waals surface area (Å²) < 4.78 is 54.7. The molecule has 0 fully saturated rings. The van der Waals surface area contributed by atoms with Crippen LogP contribution in [0.5, 0.6) is 11.5 Å². The van der Waals surface area contributed by atoms with E-state index in [1.54, 1.807) is 24.4 Å². The molecule has 1 heterocycles. The van der Waals surface area contributed by atoms with Gasteiger partial charge in [-0.25, -0.2) is 4.39 Å². The van der Waals surface area contributed by atoms with Crippen LogP contribution in [0, 0.1) is 5.82 Å². The summed E-state index contributed by atoms with van der Waals surface area (Å²) in [6, 6.07) is 18.9. The Balaban J connectivity index is 1.50. The third-order valence-corrected chi connectivity index (χ3v) is 7.20. The lowest BCUT2D eigenvalue weighted by molar-refractivity contribution is 0.356. The van der Waals surface area contributed by atoms with Gasteiger partial charge in [-0.05, 0) is 36.2 Å². The smallest absolute Gasteiger partial charge is 0.301 e. The van der Waals surface area contributed by atoms with Crippen LogP contribution in [-0.4, -0.2) is 45.5 Å². The fraction of sp³-hybridized carbons (Fsp3) is 0.192. The molecule has 2 N–H and O–H groups in total. The first kappa shape index (κ1) is 25.2. The van der Waals surface area contributed by atoms with E-state index in [9.17, 15) is 12.8 Å². The number of anilines is 3. The van der Waals surface area contributed by atoms with E-state index in [0.717, 1.165) is 11.6 Å². The predicted octanol–water partition coefficient (Wildman–Crippen LogP) is 4.97. The number of methoxy groups -OCH3 is 2. The number of nitrogens with one attached hydrogen (secondary N) is 2. The number of ether oxygens (including phenoxy) is 2. The second-order valence-electron chi connectivity index (χ2n) is 8.07. The van der Waals surface area contributed by atoms with Gasteiger partial charge in [0.15, 0.2) is 11.5 Å². The highest BCUT2D eigenvalue weighted by atomic mass is 32.2. The Labute approximate surface area is 209 Å². The number of halogens is 1. The van der Waals surface area contributed by atoms with Crippen molar-refractivity contribution in [3.05, 3.63) is 84.3 Å². The van der Waals surface area contributed by atoms with Gasteiger partial charge in [-0.1, -0.05) is 30.3 Å². The number of aromatic nitrogens is 1. The van der Waals surface area contributed by atoms with Crippen molar-refractivity contribution >= 4 is 38.2 Å². The van der Waals surface area contributed by atoms with Crippen molar-refractivity contribution in [1.82, 2.24) is 9.29 Å². The lowest BCUT2D eigenvalue weighted by atomic mass is 10.1. The molecular formula is C26H27FN4O4S. The highest BCUT2D eigenvalue weighted by molar-refractivity contribution is 7.90. The number of rotatable bonds is 10. The minimum atomic E-state index is -3.85. The van der Waals surface area contributed by atoms with Gasteiger partial charge in [0.2, 0.25) is 0 Å². The number of likely N-dealkylation sites (N-methyl/N-ethyl adjacent to an activating group) is 1. The second kappa shape index (κ2) is 10.8. The van der Waals surface area contributed by atoms with E-state index in [0.29, 0.717) is 34.5 Å². The van der Waals surface area contributed by atoms with Gasteiger partial charge in [-0.2, -0.15) is 12.7 Å². The summed E-state index contributed by atoms with van der Waals surface area (Å²) in [6.45, 7) is 0.283. The van der Waals surface area contributed by atoms with Crippen LogP contribution in [0.1, 0.15) is 5.56 Å². The summed E-state index contributed by atoms with van der Waals surface area (Å²) in [7, 11) is 0.702. The average molecular weight is 511 g/mol. The summed E-state index contributed by atoms with van der Waals surface area (Å²) >= 11 is 0. The summed E-state index contributed by atoms with van der Waals surface area (Å²) in [5.41, 5.74) is 2.57. The van der Waals surface area contributed by atoms with Crippen molar-refractivity contribution in [3.63, 3.8) is 0 Å². The number of fused-ring (bicyclic) bond motifs is 1. The van der Waals surface area contributed by atoms with E-state index in [-0.39, 0.29) is 17.9 Å². The molecule has 0 aliphatic carbocycles. The van der Waals surface area contributed by atoms with E-state index in [1.165, 1.54) is 37.7 Å². The maximum atomic E-state index is 15.0. The van der Waals surface area contributed by atoms with Crippen molar-refractivity contribution in [2.75, 3.05) is 37.9 Å². The Morgan fingerprint density at radius 3 is 2.36 bits per heavy atom. The van der Waals surface area contributed by atoms with Crippen LogP contribution < -0.4 is 19.5 Å². The van der Waals surface area contributed by atoms with Gasteiger partial charge in [0.05, 0.1) is 31.1 Å². The number of hydrogen-bond acceptors (Lipinski definition) is 6. The van der Waals surface area contributed by atoms with Crippen molar-refractivity contribution in [2.24, 2.45) is 0 Å². The molecule has 36 heavy (non-hydrogen) atoms. The average Bonchev–Trinajstić information content (AvgIpc) is 2.88. The molecule has 8 nitrogen and oxygen atoms in total. The normalized spacial score (nSPS) is 11.5. The van der Waals surface area contributed by atoms with Gasteiger partial charge in [0.25, 0.3) is 0 Å². The molecule has 0 amide bonds. The van der Waals surface area contributed by atoms with Gasteiger partial charge >= 0.3 is 10.2 Å². The fourth-order valence-electron chi connectivity index (χ4n) is 3.68. The molecule has 0 spiro atoms. The summed E-state index contributed by atoms with van der Waals surface area (Å²) in [4.78, 5) is 4.34. The Bertz CT molecular complexity index is 1470. The molecule has 10 heteroatoms. The van der Waals surface area contributed by atoms with Crippen molar-refractivity contribution in [2.45, 2.75) is 6.42 Å². The van der Waals surface area contributed by atoms with Gasteiger partial charge in [-0.3, -0.25) is 9.71 Å². The van der Waals surface area contributed by atoms with Gasteiger partial charge in [0, 0.05) is 43.0 Å². The Morgan fingerprint density at radius 1 is 0.944 bits per heavy atom. The van der Waals surface area contributed by atoms with E-state index >= 15 is 0 Å². The maximum absolute atomic E-state index is 15.0. The van der Waals surface area contributed by atoms with Gasteiger partial charge < -0.3 is 14.8 Å². The topological polar surface area (TPSA) is 92.8 Å². The third kappa shape index (κ3) is 5.67. The van der Waals surface area contributed by atoms with Crippen LogP contribution in [0.25, 0.3) is 10.9 Å². The second-order valence-corrected chi connectivity index (χ2v) is 9.84. The zero-order chi connectivity index (χ0) is 25.7. The first-order valence-corrected chi connectivity index (χ1v) is 12.6. The molecule has 0 atom stereocenters. The van der Waals surface area contributed by atoms with E-state index < -0.39 is 16.0 Å². The lowest BCUT2D eigenvalue weighted by Crippen LogP contribution is -2.34. The molecular weight excluding hydrogens is 483 g/mol. The Morgan fingerprint density at radius 2 is 1.67 bits per heavy atom. The van der Waals surface area contributed by atoms with E-state index in [2.05, 4.69) is 15.0 Å². The molecule has 1 aromatic heterocycles. The molecule has 0 radical (unpaired) electrons. The zero-order valence-electron chi connectivity index (χ0n) is 20.2. The van der Waals surface area contributed by atoms with Crippen LogP contribution in [0.15, 0.2) is 72.9 Å². The Hall–Kier alpha value is -3.89. The number of pyridine rings is 1. The standard InChI is InChI=1S/C26H27FN4O4S/c1-31(14-12-18-7-5-4-6-8-18)36(32,33)30-19-9-10-23(21(27)15-19)29-22-11-13-28-24-17-26(35-3)25(34-2)16-20(22)24/h4-11,13,15-17,30H,12,14H2,1-3H3,(H,28,29). The van der Waals surface area contributed by atoms with Crippen LogP contribution in [0.4, 0.5) is 21.5 Å². The fourth-order valence-corrected chi connectivity index (χ4v) is 4.60.